The first kappa shape index (κ1) is 26.5. The molecule has 0 spiro atoms. The fraction of sp³-hybridized carbons (Fsp3) is 0.192. The number of benzene rings is 2. The van der Waals surface area contributed by atoms with Crippen molar-refractivity contribution in [2.75, 3.05) is 16.6 Å². The quantitative estimate of drug-likeness (QED) is 0.289. The summed E-state index contributed by atoms with van der Waals surface area (Å²) in [6.07, 6.45) is 0. The first-order valence-electron chi connectivity index (χ1n) is 11.6. The fourth-order valence-electron chi connectivity index (χ4n) is 3.53. The molecular formula is C26H26N6O5S. The number of ether oxygens (including phenoxy) is 1. The number of carbonyl (C=O) groups is 2. The Kier molecular flexibility index (Phi) is 7.53. The van der Waals surface area contributed by atoms with Gasteiger partial charge < -0.3 is 15.0 Å². The van der Waals surface area contributed by atoms with Crippen LogP contribution in [0, 0.1) is 27.7 Å². The zero-order chi connectivity index (χ0) is 27.4. The summed E-state index contributed by atoms with van der Waals surface area (Å²) >= 11 is 0. The number of nitrogens with zero attached hydrogens (tertiary/aromatic N) is 3. The second-order valence-electron chi connectivity index (χ2n) is 8.60. The van der Waals surface area contributed by atoms with E-state index in [-0.39, 0.29) is 16.4 Å². The van der Waals surface area contributed by atoms with Gasteiger partial charge >= 0.3 is 5.97 Å². The molecule has 4 rings (SSSR count). The minimum atomic E-state index is -3.93. The lowest BCUT2D eigenvalue weighted by atomic mass is 10.1. The Morgan fingerprint density at radius 2 is 1.53 bits per heavy atom. The van der Waals surface area contributed by atoms with E-state index in [0.29, 0.717) is 22.9 Å². The number of aromatic nitrogens is 4. The summed E-state index contributed by atoms with van der Waals surface area (Å²) in [5.74, 6) is -0.552. The van der Waals surface area contributed by atoms with Crippen LogP contribution in [0.2, 0.25) is 0 Å². The number of amides is 1. The Morgan fingerprint density at radius 3 is 2.11 bits per heavy atom. The van der Waals surface area contributed by atoms with Gasteiger partial charge in [0.15, 0.2) is 6.61 Å². The van der Waals surface area contributed by atoms with Crippen LogP contribution in [0.15, 0.2) is 59.5 Å². The molecule has 0 bridgehead atoms. The number of carbonyl (C=O) groups excluding carboxylic acids is 2. The van der Waals surface area contributed by atoms with Gasteiger partial charge in [-0.05, 0) is 70.2 Å². The van der Waals surface area contributed by atoms with E-state index in [1.807, 2.05) is 13.8 Å². The van der Waals surface area contributed by atoms with Gasteiger partial charge in [0.2, 0.25) is 5.95 Å². The minimum absolute atomic E-state index is 0.0255. The molecule has 0 unspecified atom stereocenters. The Bertz CT molecular complexity index is 1560. The van der Waals surface area contributed by atoms with Gasteiger partial charge in [-0.25, -0.2) is 32.9 Å². The molecule has 0 saturated carbocycles. The van der Waals surface area contributed by atoms with Gasteiger partial charge in [-0.1, -0.05) is 12.1 Å². The monoisotopic (exact) mass is 534 g/mol. The Labute approximate surface area is 219 Å². The molecule has 0 aliphatic carbocycles. The van der Waals surface area contributed by atoms with Crippen LogP contribution in [0.25, 0.3) is 11.4 Å². The van der Waals surface area contributed by atoms with Crippen LogP contribution in [0.1, 0.15) is 33.1 Å². The van der Waals surface area contributed by atoms with E-state index in [0.717, 1.165) is 17.0 Å². The predicted octanol–water partition coefficient (Wildman–Crippen LogP) is 3.70. The zero-order valence-corrected chi connectivity index (χ0v) is 22.0. The van der Waals surface area contributed by atoms with Gasteiger partial charge in [0.05, 0.1) is 16.2 Å². The van der Waals surface area contributed by atoms with E-state index in [2.05, 4.69) is 30.0 Å². The number of sulfonamides is 1. The average Bonchev–Trinajstić information content (AvgIpc) is 3.20. The highest BCUT2D eigenvalue weighted by atomic mass is 32.2. The fourth-order valence-corrected chi connectivity index (χ4v) is 4.47. The van der Waals surface area contributed by atoms with Crippen molar-refractivity contribution in [3.8, 4) is 11.4 Å². The van der Waals surface area contributed by atoms with Gasteiger partial charge in [0, 0.05) is 28.3 Å². The van der Waals surface area contributed by atoms with Crippen molar-refractivity contribution in [3.63, 3.8) is 0 Å². The molecule has 3 N–H and O–H groups in total. The highest BCUT2D eigenvalue weighted by molar-refractivity contribution is 7.92. The van der Waals surface area contributed by atoms with Crippen molar-refractivity contribution in [1.82, 2.24) is 19.9 Å². The summed E-state index contributed by atoms with van der Waals surface area (Å²) in [4.78, 5) is 40.3. The molecule has 0 aliphatic heterocycles. The summed E-state index contributed by atoms with van der Waals surface area (Å²) in [5.41, 5.74) is 4.56. The molecule has 0 atom stereocenters. The van der Waals surface area contributed by atoms with E-state index in [9.17, 15) is 18.0 Å². The van der Waals surface area contributed by atoms with E-state index in [1.54, 1.807) is 44.2 Å². The van der Waals surface area contributed by atoms with Crippen molar-refractivity contribution >= 4 is 33.5 Å². The highest BCUT2D eigenvalue weighted by Crippen LogP contribution is 2.19. The van der Waals surface area contributed by atoms with Crippen molar-refractivity contribution in [2.24, 2.45) is 0 Å². The summed E-state index contributed by atoms with van der Waals surface area (Å²) in [7, 11) is -3.93. The number of aryl methyl sites for hydroxylation is 4. The summed E-state index contributed by atoms with van der Waals surface area (Å²) in [5, 5.41) is 2.56. The molecule has 2 aromatic heterocycles. The smallest absolute Gasteiger partial charge is 0.338 e. The molecule has 0 aliphatic rings. The van der Waals surface area contributed by atoms with Crippen LogP contribution < -0.4 is 10.0 Å². The third kappa shape index (κ3) is 6.40. The Morgan fingerprint density at radius 1 is 0.895 bits per heavy atom. The second-order valence-corrected chi connectivity index (χ2v) is 10.3. The lowest BCUT2D eigenvalue weighted by Gasteiger charge is -2.10. The third-order valence-corrected chi connectivity index (χ3v) is 6.86. The number of imidazole rings is 1. The molecule has 1 amide bonds. The maximum absolute atomic E-state index is 12.6. The molecule has 2 aromatic carbocycles. The van der Waals surface area contributed by atoms with Crippen molar-refractivity contribution in [1.29, 1.82) is 0 Å². The molecule has 12 heteroatoms. The molecular weight excluding hydrogens is 508 g/mol. The van der Waals surface area contributed by atoms with E-state index < -0.39 is 28.5 Å². The molecule has 38 heavy (non-hydrogen) atoms. The molecule has 196 valence electrons. The molecule has 4 aromatic rings. The van der Waals surface area contributed by atoms with Gasteiger partial charge in [0.1, 0.15) is 5.82 Å². The molecule has 11 nitrogen and oxygen atoms in total. The van der Waals surface area contributed by atoms with Crippen LogP contribution in [0.3, 0.4) is 0 Å². The van der Waals surface area contributed by atoms with Crippen molar-refractivity contribution in [2.45, 2.75) is 32.6 Å². The van der Waals surface area contributed by atoms with Crippen LogP contribution in [0.5, 0.6) is 0 Å². The van der Waals surface area contributed by atoms with Gasteiger partial charge in [0.25, 0.3) is 15.9 Å². The summed E-state index contributed by atoms with van der Waals surface area (Å²) in [6, 6.07) is 13.9. The van der Waals surface area contributed by atoms with Crippen LogP contribution in [0.4, 0.5) is 11.6 Å². The molecule has 2 heterocycles. The number of rotatable bonds is 8. The maximum Gasteiger partial charge on any atom is 0.338 e. The third-order valence-electron chi connectivity index (χ3n) is 5.51. The van der Waals surface area contributed by atoms with Gasteiger partial charge in [-0.2, -0.15) is 0 Å². The van der Waals surface area contributed by atoms with Crippen molar-refractivity contribution in [3.05, 3.63) is 82.9 Å². The summed E-state index contributed by atoms with van der Waals surface area (Å²) in [6.45, 7) is 6.80. The SMILES string of the molecule is Cc1cc(C)nc(NS(=O)(=O)c2ccc(NC(=O)COC(=O)c3ccc(-c4nc(C)c(C)[nH]4)cc3)cc2)n1. The van der Waals surface area contributed by atoms with E-state index in [1.165, 1.54) is 24.3 Å². The number of hydrogen-bond donors (Lipinski definition) is 3. The molecule has 0 fully saturated rings. The highest BCUT2D eigenvalue weighted by Gasteiger charge is 2.17. The normalized spacial score (nSPS) is 11.2. The number of hydrogen-bond acceptors (Lipinski definition) is 8. The number of H-pyrrole nitrogens is 1. The Hall–Kier alpha value is -4.58. The van der Waals surface area contributed by atoms with Crippen LogP contribution in [-0.2, 0) is 19.6 Å². The Balaban J connectivity index is 1.31. The average molecular weight is 535 g/mol. The second kappa shape index (κ2) is 10.8. The molecule has 0 radical (unpaired) electrons. The first-order chi connectivity index (χ1) is 18.0. The summed E-state index contributed by atoms with van der Waals surface area (Å²) < 4.78 is 32.7. The maximum atomic E-state index is 12.6. The minimum Gasteiger partial charge on any atom is -0.452 e. The molecule has 0 saturated heterocycles. The number of esters is 1. The predicted molar refractivity (Wildman–Crippen MR) is 141 cm³/mol. The number of aromatic amines is 1. The largest absolute Gasteiger partial charge is 0.452 e. The van der Waals surface area contributed by atoms with Gasteiger partial charge in [-0.15, -0.1) is 0 Å². The standard InChI is InChI=1S/C26H26N6O5S/c1-15-13-16(2)28-26(27-15)32-38(35,36)22-11-9-21(10-12-22)31-23(33)14-37-25(34)20-7-5-19(6-8-20)24-29-17(3)18(4)30-24/h5-13H,14H2,1-4H3,(H,29,30)(H,31,33)(H,27,28,32). The van der Waals surface area contributed by atoms with E-state index >= 15 is 0 Å². The van der Waals surface area contributed by atoms with Crippen molar-refractivity contribution < 1.29 is 22.7 Å². The zero-order valence-electron chi connectivity index (χ0n) is 21.2. The lowest BCUT2D eigenvalue weighted by molar-refractivity contribution is -0.119. The van der Waals surface area contributed by atoms with E-state index in [4.69, 9.17) is 4.74 Å². The van der Waals surface area contributed by atoms with Gasteiger partial charge in [-0.3, -0.25) is 4.79 Å². The van der Waals surface area contributed by atoms with Crippen LogP contribution in [-0.4, -0.2) is 46.8 Å². The first-order valence-corrected chi connectivity index (χ1v) is 13.0. The number of anilines is 2. The van der Waals surface area contributed by atoms with Crippen LogP contribution >= 0.6 is 0 Å². The topological polar surface area (TPSA) is 156 Å². The lowest BCUT2D eigenvalue weighted by Crippen LogP contribution is -2.21. The number of nitrogens with one attached hydrogen (secondary N) is 3.